The molecular weight excluding hydrogens is 296 g/mol. The van der Waals surface area contributed by atoms with Crippen LogP contribution in [0.3, 0.4) is 0 Å². The van der Waals surface area contributed by atoms with E-state index >= 15 is 0 Å². The second-order valence-corrected chi connectivity index (χ2v) is 4.63. The summed E-state index contributed by atoms with van der Waals surface area (Å²) < 4.78 is 10.7. The first-order valence-corrected chi connectivity index (χ1v) is 7.40. The third kappa shape index (κ3) is 4.57. The number of para-hydroxylation sites is 1. The number of nitrogens with zero attached hydrogens (tertiary/aromatic N) is 2. The van der Waals surface area contributed by atoms with Crippen LogP contribution in [0.25, 0.3) is 0 Å². The first-order valence-electron chi connectivity index (χ1n) is 7.40. The van der Waals surface area contributed by atoms with Gasteiger partial charge in [-0.25, -0.2) is 9.78 Å². The lowest BCUT2D eigenvalue weighted by Gasteiger charge is -2.13. The molecule has 7 heteroatoms. The van der Waals surface area contributed by atoms with Crippen LogP contribution in [0, 0.1) is 6.92 Å². The van der Waals surface area contributed by atoms with Crippen molar-refractivity contribution in [3.05, 3.63) is 36.0 Å². The van der Waals surface area contributed by atoms with Gasteiger partial charge in [0.2, 0.25) is 5.88 Å². The number of aryl methyl sites for hydroxylation is 1. The molecule has 2 aromatic rings. The van der Waals surface area contributed by atoms with Crippen LogP contribution in [0.2, 0.25) is 0 Å². The van der Waals surface area contributed by atoms with Gasteiger partial charge in [0.25, 0.3) is 0 Å². The van der Waals surface area contributed by atoms with Crippen LogP contribution >= 0.6 is 0 Å². The molecule has 0 aliphatic carbocycles. The monoisotopic (exact) mass is 316 g/mol. The van der Waals surface area contributed by atoms with Gasteiger partial charge in [0.15, 0.2) is 0 Å². The molecule has 0 atom stereocenters. The van der Waals surface area contributed by atoms with Gasteiger partial charge >= 0.3 is 12.0 Å². The minimum absolute atomic E-state index is 0.209. The molecule has 122 valence electrons. The molecule has 2 rings (SSSR count). The Bertz CT molecular complexity index is 676. The van der Waals surface area contributed by atoms with Crippen LogP contribution in [0.5, 0.6) is 11.9 Å². The maximum Gasteiger partial charge on any atom is 0.323 e. The molecule has 7 nitrogen and oxygen atoms in total. The zero-order chi connectivity index (χ0) is 16.7. The fraction of sp³-hybridized carbons (Fsp3) is 0.312. The van der Waals surface area contributed by atoms with Gasteiger partial charge in [-0.2, -0.15) is 4.98 Å². The molecule has 2 amide bonds. The van der Waals surface area contributed by atoms with Crippen molar-refractivity contribution in [3.63, 3.8) is 0 Å². The molecule has 23 heavy (non-hydrogen) atoms. The minimum Gasteiger partial charge on any atom is -0.476 e. The van der Waals surface area contributed by atoms with Crippen molar-refractivity contribution in [2.45, 2.75) is 20.8 Å². The van der Waals surface area contributed by atoms with Crippen molar-refractivity contribution in [1.82, 2.24) is 9.97 Å². The van der Waals surface area contributed by atoms with E-state index in [1.165, 1.54) is 6.20 Å². The molecule has 0 saturated carbocycles. The van der Waals surface area contributed by atoms with Crippen LogP contribution in [0.1, 0.15) is 19.4 Å². The topological polar surface area (TPSA) is 85.4 Å². The lowest BCUT2D eigenvalue weighted by Crippen LogP contribution is -2.21. The van der Waals surface area contributed by atoms with Crippen LogP contribution in [0.4, 0.5) is 16.2 Å². The van der Waals surface area contributed by atoms with Crippen molar-refractivity contribution in [2.75, 3.05) is 23.8 Å². The van der Waals surface area contributed by atoms with Crippen molar-refractivity contribution >= 4 is 17.4 Å². The van der Waals surface area contributed by atoms with E-state index in [4.69, 9.17) is 9.47 Å². The first kappa shape index (κ1) is 16.5. The number of carbonyl (C=O) groups excluding carboxylic acids is 1. The predicted octanol–water partition coefficient (Wildman–Crippen LogP) is 3.23. The highest BCUT2D eigenvalue weighted by atomic mass is 16.5. The second-order valence-electron chi connectivity index (χ2n) is 4.63. The summed E-state index contributed by atoms with van der Waals surface area (Å²) >= 11 is 0. The maximum absolute atomic E-state index is 12.1. The molecule has 1 aromatic carbocycles. The Kier molecular flexibility index (Phi) is 5.74. The highest BCUT2D eigenvalue weighted by Gasteiger charge is 2.12. The Hall–Kier alpha value is -2.83. The Labute approximate surface area is 135 Å². The van der Waals surface area contributed by atoms with E-state index in [9.17, 15) is 4.79 Å². The number of aromatic nitrogens is 2. The van der Waals surface area contributed by atoms with Crippen molar-refractivity contribution in [3.8, 4) is 11.9 Å². The number of anilines is 2. The molecule has 2 N–H and O–H groups in total. The third-order valence-electron chi connectivity index (χ3n) is 2.93. The first-order chi connectivity index (χ1) is 11.1. The smallest absolute Gasteiger partial charge is 0.323 e. The fourth-order valence-electron chi connectivity index (χ4n) is 1.87. The average molecular weight is 316 g/mol. The molecule has 1 heterocycles. The molecule has 0 unspecified atom stereocenters. The van der Waals surface area contributed by atoms with Crippen LogP contribution in [-0.2, 0) is 0 Å². The highest BCUT2D eigenvalue weighted by Crippen LogP contribution is 2.23. The molecule has 0 radical (unpaired) electrons. The van der Waals surface area contributed by atoms with E-state index < -0.39 is 6.03 Å². The van der Waals surface area contributed by atoms with E-state index in [2.05, 4.69) is 20.6 Å². The van der Waals surface area contributed by atoms with Gasteiger partial charge < -0.3 is 20.1 Å². The number of urea groups is 1. The largest absolute Gasteiger partial charge is 0.476 e. The van der Waals surface area contributed by atoms with Crippen LogP contribution in [-0.4, -0.2) is 29.2 Å². The van der Waals surface area contributed by atoms with E-state index in [0.29, 0.717) is 18.9 Å². The van der Waals surface area contributed by atoms with Crippen molar-refractivity contribution < 1.29 is 14.3 Å². The Morgan fingerprint density at radius 3 is 2.48 bits per heavy atom. The summed E-state index contributed by atoms with van der Waals surface area (Å²) in [6.45, 7) is 6.45. The van der Waals surface area contributed by atoms with Gasteiger partial charge in [-0.05, 0) is 32.4 Å². The molecule has 0 aliphatic rings. The lowest BCUT2D eigenvalue weighted by atomic mass is 10.2. The molecule has 0 spiro atoms. The normalized spacial score (nSPS) is 10.0. The van der Waals surface area contributed by atoms with Gasteiger partial charge in [0.1, 0.15) is 5.69 Å². The summed E-state index contributed by atoms with van der Waals surface area (Å²) in [5.74, 6) is 0.269. The fourth-order valence-corrected chi connectivity index (χ4v) is 1.87. The van der Waals surface area contributed by atoms with E-state index in [-0.39, 0.29) is 11.9 Å². The zero-order valence-electron chi connectivity index (χ0n) is 13.4. The average Bonchev–Trinajstić information content (AvgIpc) is 2.53. The summed E-state index contributed by atoms with van der Waals surface area (Å²) in [6.07, 6.45) is 1.46. The summed E-state index contributed by atoms with van der Waals surface area (Å²) in [5.41, 5.74) is 2.08. The lowest BCUT2D eigenvalue weighted by molar-refractivity contribution is 0.261. The summed E-state index contributed by atoms with van der Waals surface area (Å²) in [4.78, 5) is 20.3. The SMILES string of the molecule is CCOc1ncc(NC(=O)Nc2ccccc2C)c(OCC)n1. The number of nitrogens with one attached hydrogen (secondary N) is 2. The van der Waals surface area contributed by atoms with Gasteiger partial charge in [-0.1, -0.05) is 18.2 Å². The minimum atomic E-state index is -0.395. The van der Waals surface area contributed by atoms with Crippen molar-refractivity contribution in [1.29, 1.82) is 0 Å². The van der Waals surface area contributed by atoms with Gasteiger partial charge in [-0.15, -0.1) is 0 Å². The maximum atomic E-state index is 12.1. The standard InChI is InChI=1S/C16H20N4O3/c1-4-22-14-13(10-17-16(20-14)23-5-2)19-15(21)18-12-9-7-6-8-11(12)3/h6-10H,4-5H2,1-3H3,(H2,18,19,21). The predicted molar refractivity (Wildman–Crippen MR) is 88.2 cm³/mol. The number of benzene rings is 1. The van der Waals surface area contributed by atoms with Gasteiger partial charge in [-0.3, -0.25) is 0 Å². The number of rotatable bonds is 6. The zero-order valence-corrected chi connectivity index (χ0v) is 13.4. The number of amides is 2. The Balaban J connectivity index is 2.12. The molecule has 0 fully saturated rings. The molecule has 0 bridgehead atoms. The molecule has 0 saturated heterocycles. The third-order valence-corrected chi connectivity index (χ3v) is 2.93. The molecule has 1 aromatic heterocycles. The second kappa shape index (κ2) is 7.98. The molecular formula is C16H20N4O3. The number of hydrogen-bond donors (Lipinski definition) is 2. The summed E-state index contributed by atoms with van der Waals surface area (Å²) in [6, 6.07) is 7.32. The number of ether oxygens (including phenoxy) is 2. The van der Waals surface area contributed by atoms with E-state index in [1.807, 2.05) is 45.0 Å². The van der Waals surface area contributed by atoms with Crippen LogP contribution < -0.4 is 20.1 Å². The number of carbonyl (C=O) groups is 1. The summed E-state index contributed by atoms with van der Waals surface area (Å²) in [7, 11) is 0. The molecule has 0 aliphatic heterocycles. The Morgan fingerprint density at radius 2 is 1.78 bits per heavy atom. The van der Waals surface area contributed by atoms with E-state index in [1.54, 1.807) is 0 Å². The van der Waals surface area contributed by atoms with Gasteiger partial charge in [0.05, 0.1) is 19.4 Å². The summed E-state index contributed by atoms with van der Waals surface area (Å²) in [5, 5.41) is 5.46. The van der Waals surface area contributed by atoms with Gasteiger partial charge in [0, 0.05) is 5.69 Å². The number of hydrogen-bond acceptors (Lipinski definition) is 5. The quantitative estimate of drug-likeness (QED) is 0.854. The Morgan fingerprint density at radius 1 is 1.09 bits per heavy atom. The highest BCUT2D eigenvalue weighted by molar-refractivity contribution is 6.00. The van der Waals surface area contributed by atoms with Crippen molar-refractivity contribution in [2.24, 2.45) is 0 Å². The van der Waals surface area contributed by atoms with Crippen LogP contribution in [0.15, 0.2) is 30.5 Å². The van der Waals surface area contributed by atoms with E-state index in [0.717, 1.165) is 11.3 Å².